The van der Waals surface area contributed by atoms with E-state index in [9.17, 15) is 4.57 Å². The highest BCUT2D eigenvalue weighted by atomic mass is 31.2. The summed E-state index contributed by atoms with van der Waals surface area (Å²) in [5, 5.41) is 0. The lowest BCUT2D eigenvalue weighted by atomic mass is 10.7. The van der Waals surface area contributed by atoms with Crippen LogP contribution in [0.15, 0.2) is 0 Å². The second-order valence-electron chi connectivity index (χ2n) is 3.22. The Morgan fingerprint density at radius 3 is 2.50 bits per heavy atom. The molecule has 1 saturated heterocycles. The first-order valence-electron chi connectivity index (χ1n) is 5.03. The Bertz CT molecular complexity index is 263. The quantitative estimate of drug-likeness (QED) is 0.405. The van der Waals surface area contributed by atoms with E-state index >= 15 is 0 Å². The van der Waals surface area contributed by atoms with Crippen LogP contribution in [0.25, 0.3) is 0 Å². The van der Waals surface area contributed by atoms with Crippen LogP contribution < -0.4 is 11.5 Å². The van der Waals surface area contributed by atoms with Crippen molar-refractivity contribution in [1.29, 1.82) is 0 Å². The molecule has 1 aliphatic rings. The maximum atomic E-state index is 12.1. The minimum absolute atomic E-state index is 0.145. The van der Waals surface area contributed by atoms with Gasteiger partial charge in [0, 0.05) is 6.16 Å². The molecule has 0 radical (unpaired) electrons. The third-order valence-corrected chi connectivity index (χ3v) is 9.22. The molecule has 1 heterocycles. The number of hydrogen-bond donors (Lipinski definition) is 2. The Morgan fingerprint density at radius 1 is 1.44 bits per heavy atom. The van der Waals surface area contributed by atoms with Crippen molar-refractivity contribution in [2.24, 2.45) is 11.5 Å². The Morgan fingerprint density at radius 2 is 2.06 bits per heavy atom. The van der Waals surface area contributed by atoms with Crippen LogP contribution >= 0.6 is 16.0 Å². The van der Waals surface area contributed by atoms with E-state index in [0.717, 1.165) is 0 Å². The van der Waals surface area contributed by atoms with Crippen molar-refractivity contribution in [3.8, 4) is 0 Å². The number of nitrogens with two attached hydrogens (primary N) is 2. The van der Waals surface area contributed by atoms with Crippen molar-refractivity contribution in [2.75, 3.05) is 18.9 Å². The van der Waals surface area contributed by atoms with Crippen molar-refractivity contribution in [2.45, 2.75) is 20.0 Å². The summed E-state index contributed by atoms with van der Waals surface area (Å²) in [6.45, 7) is 4.13. The summed E-state index contributed by atoms with van der Waals surface area (Å²) in [5.74, 6) is 0. The Kier molecular flexibility index (Phi) is 6.35. The highest BCUT2D eigenvalue weighted by molar-refractivity contribution is 7.60. The second kappa shape index (κ2) is 6.77. The molecule has 10 heteroatoms. The zero-order valence-electron chi connectivity index (χ0n) is 9.37. The standard InChI is InChI=1S/C4H13N2O2P.C2H5O3P.Al/c1-2-9(7,8)3-4(5)6;1-2-5-6(3)4;/h4H,2-3,5-6H2,1H3,(H,7,8);2H2,1H3;/q;-2;+3/p-1. The molecule has 0 saturated carbocycles. The van der Waals surface area contributed by atoms with Gasteiger partial charge in [0.15, 0.2) is 7.37 Å². The summed E-state index contributed by atoms with van der Waals surface area (Å²) in [7, 11) is -4.07. The predicted molar refractivity (Wildman–Crippen MR) is 62.7 cm³/mol. The van der Waals surface area contributed by atoms with Gasteiger partial charge in [-0.15, -0.1) is 0 Å². The van der Waals surface area contributed by atoms with Gasteiger partial charge in [-0.05, 0) is 6.92 Å². The molecule has 0 amide bonds. The largest absolute Gasteiger partial charge is 0.923 e. The average Bonchev–Trinajstić information content (AvgIpc) is 2.13. The van der Waals surface area contributed by atoms with Gasteiger partial charge in [-0.3, -0.25) is 4.57 Å². The first-order chi connectivity index (χ1) is 7.49. The highest BCUT2D eigenvalue weighted by Crippen LogP contribution is 2.56. The molecule has 1 atom stereocenters. The third-order valence-electron chi connectivity index (χ3n) is 1.83. The predicted octanol–water partition coefficient (Wildman–Crippen LogP) is 0.840. The van der Waals surface area contributed by atoms with Gasteiger partial charge in [0.05, 0.1) is 18.9 Å². The number of rotatable bonds is 7. The van der Waals surface area contributed by atoms with Gasteiger partial charge in [-0.2, -0.15) is 0 Å². The summed E-state index contributed by atoms with van der Waals surface area (Å²) >= 11 is -2.26. The minimum Gasteiger partial charge on any atom is -0.405 e. The van der Waals surface area contributed by atoms with Crippen LogP contribution in [0, 0.1) is 0 Å². The summed E-state index contributed by atoms with van der Waals surface area (Å²) in [5.41, 5.74) is 10.8. The van der Waals surface area contributed by atoms with Crippen LogP contribution in [0.1, 0.15) is 13.8 Å². The summed E-state index contributed by atoms with van der Waals surface area (Å²) < 4.78 is 33.0. The van der Waals surface area contributed by atoms with E-state index in [1.165, 1.54) is 0 Å². The van der Waals surface area contributed by atoms with Crippen molar-refractivity contribution >= 4 is 31.1 Å². The molecular weight excluding hydrogens is 269 g/mol. The first-order valence-corrected chi connectivity index (χ1v) is 9.54. The molecule has 7 nitrogen and oxygen atoms in total. The van der Waals surface area contributed by atoms with Crippen LogP contribution in [0.4, 0.5) is 0 Å². The lowest BCUT2D eigenvalue weighted by molar-refractivity contribution is 0.169. The van der Waals surface area contributed by atoms with Gasteiger partial charge in [0.1, 0.15) is 0 Å². The van der Waals surface area contributed by atoms with E-state index in [-0.39, 0.29) is 6.16 Å². The summed E-state index contributed by atoms with van der Waals surface area (Å²) in [6.07, 6.45) is -0.124. The fourth-order valence-corrected chi connectivity index (χ4v) is 7.06. The molecule has 0 aromatic heterocycles. The monoisotopic (exact) mass is 286 g/mol. The molecule has 94 valence electrons. The molecule has 0 aromatic rings. The number of hydrogen-bond acceptors (Lipinski definition) is 7. The van der Waals surface area contributed by atoms with E-state index in [0.29, 0.717) is 12.8 Å². The minimum atomic E-state index is -2.81. The molecular formula is C6H17AlN2O5P2. The molecule has 0 aromatic carbocycles. The van der Waals surface area contributed by atoms with E-state index in [1.54, 1.807) is 6.92 Å². The van der Waals surface area contributed by atoms with Gasteiger partial charge in [0.25, 0.3) is 8.60 Å². The van der Waals surface area contributed by atoms with Gasteiger partial charge in [-0.1, -0.05) is 6.92 Å². The summed E-state index contributed by atoms with van der Waals surface area (Å²) in [6, 6.07) is 0. The maximum absolute atomic E-state index is 12.1. The molecule has 1 unspecified atom stereocenters. The lowest BCUT2D eigenvalue weighted by Crippen LogP contribution is -2.38. The maximum Gasteiger partial charge on any atom is 0.923 e. The van der Waals surface area contributed by atoms with Crippen molar-refractivity contribution < 1.29 is 19.8 Å². The average molecular weight is 286 g/mol. The molecule has 0 bridgehead atoms. The van der Waals surface area contributed by atoms with Gasteiger partial charge >= 0.3 is 15.1 Å². The third kappa shape index (κ3) is 4.68. The van der Waals surface area contributed by atoms with Crippen LogP contribution in [-0.2, 0) is 19.8 Å². The van der Waals surface area contributed by atoms with Gasteiger partial charge < -0.3 is 26.7 Å². The van der Waals surface area contributed by atoms with Gasteiger partial charge in [0.2, 0.25) is 0 Å². The van der Waals surface area contributed by atoms with Crippen molar-refractivity contribution in [1.82, 2.24) is 0 Å². The summed E-state index contributed by atoms with van der Waals surface area (Å²) in [4.78, 5) is 0. The molecule has 1 aliphatic heterocycles. The van der Waals surface area contributed by atoms with E-state index in [1.807, 2.05) is 6.92 Å². The van der Waals surface area contributed by atoms with E-state index in [2.05, 4.69) is 0 Å². The highest BCUT2D eigenvalue weighted by Gasteiger charge is 2.52. The smallest absolute Gasteiger partial charge is 0.405 e. The van der Waals surface area contributed by atoms with Gasteiger partial charge in [-0.25, -0.2) is 0 Å². The first kappa shape index (κ1) is 15.0. The second-order valence-corrected chi connectivity index (χ2v) is 9.66. The fraction of sp³-hybridized carbons (Fsp3) is 1.00. The molecule has 1 fully saturated rings. The Hall–Kier alpha value is 0.952. The van der Waals surface area contributed by atoms with E-state index in [4.69, 9.17) is 26.7 Å². The zero-order chi connectivity index (χ0) is 12.2. The van der Waals surface area contributed by atoms with E-state index < -0.39 is 37.3 Å². The lowest BCUT2D eigenvalue weighted by Gasteiger charge is -2.32. The molecule has 0 aliphatic carbocycles. The Labute approximate surface area is 102 Å². The topological polar surface area (TPSA) is 106 Å². The molecule has 0 spiro atoms. The van der Waals surface area contributed by atoms with Crippen LogP contribution in [-0.4, -0.2) is 40.2 Å². The van der Waals surface area contributed by atoms with Crippen LogP contribution in [0.2, 0.25) is 0 Å². The normalized spacial score (nSPS) is 20.9. The van der Waals surface area contributed by atoms with Crippen molar-refractivity contribution in [3.05, 3.63) is 0 Å². The van der Waals surface area contributed by atoms with Crippen molar-refractivity contribution in [3.63, 3.8) is 0 Å². The molecule has 4 N–H and O–H groups in total. The molecule has 16 heavy (non-hydrogen) atoms. The fourth-order valence-electron chi connectivity index (χ4n) is 1.08. The zero-order valence-corrected chi connectivity index (χ0v) is 12.3. The van der Waals surface area contributed by atoms with Crippen LogP contribution in [0.5, 0.6) is 0 Å². The molecule has 1 rings (SSSR count). The van der Waals surface area contributed by atoms with Crippen LogP contribution in [0.3, 0.4) is 0 Å². The Balaban J connectivity index is 2.33. The SMILES string of the molecule is CCOP1[O][Al]([O]P(=O)(CC)CC(N)N)[O]1.